The van der Waals surface area contributed by atoms with E-state index < -0.39 is 0 Å². The van der Waals surface area contributed by atoms with Gasteiger partial charge >= 0.3 is 0 Å². The number of likely N-dealkylation sites (tertiary alicyclic amines) is 1. The zero-order valence-corrected chi connectivity index (χ0v) is 15.2. The molecule has 0 radical (unpaired) electrons. The van der Waals surface area contributed by atoms with Crippen LogP contribution in [0.4, 0.5) is 0 Å². The molecule has 1 atom stereocenters. The van der Waals surface area contributed by atoms with Crippen molar-refractivity contribution >= 4 is 5.91 Å². The summed E-state index contributed by atoms with van der Waals surface area (Å²) in [4.78, 5) is 19.1. The molecule has 0 spiro atoms. The molecule has 1 aromatic carbocycles. The van der Waals surface area contributed by atoms with Gasteiger partial charge in [-0.05, 0) is 32.6 Å². The zero-order valence-electron chi connectivity index (χ0n) is 15.2. The quantitative estimate of drug-likeness (QED) is 0.716. The fourth-order valence-corrected chi connectivity index (χ4v) is 3.35. The maximum absolute atomic E-state index is 12.6. The Morgan fingerprint density at radius 1 is 1.24 bits per heavy atom. The van der Waals surface area contributed by atoms with E-state index in [4.69, 9.17) is 4.52 Å². The summed E-state index contributed by atoms with van der Waals surface area (Å²) >= 11 is 0. The van der Waals surface area contributed by atoms with Crippen LogP contribution in [-0.4, -0.2) is 27.5 Å². The van der Waals surface area contributed by atoms with E-state index >= 15 is 0 Å². The second-order valence-corrected chi connectivity index (χ2v) is 6.88. The van der Waals surface area contributed by atoms with Crippen LogP contribution in [0.15, 0.2) is 28.8 Å². The molecule has 5 nitrogen and oxygen atoms in total. The van der Waals surface area contributed by atoms with Crippen molar-refractivity contribution in [3.63, 3.8) is 0 Å². The van der Waals surface area contributed by atoms with E-state index in [-0.39, 0.29) is 11.9 Å². The number of nitrogens with zero attached hydrogens (tertiary/aromatic N) is 3. The van der Waals surface area contributed by atoms with Crippen molar-refractivity contribution in [2.24, 2.45) is 0 Å². The first-order chi connectivity index (χ1) is 12.2. The minimum atomic E-state index is -0.0745. The van der Waals surface area contributed by atoms with Crippen molar-refractivity contribution in [3.05, 3.63) is 35.7 Å². The van der Waals surface area contributed by atoms with Crippen molar-refractivity contribution in [2.75, 3.05) is 6.54 Å². The highest BCUT2D eigenvalue weighted by Gasteiger charge is 2.31. The van der Waals surface area contributed by atoms with Crippen molar-refractivity contribution in [1.29, 1.82) is 0 Å². The van der Waals surface area contributed by atoms with Crippen LogP contribution in [0.3, 0.4) is 0 Å². The zero-order chi connectivity index (χ0) is 17.6. The highest BCUT2D eigenvalue weighted by atomic mass is 16.5. The highest BCUT2D eigenvalue weighted by Crippen LogP contribution is 2.32. The Labute approximate surface area is 149 Å². The first-order valence-electron chi connectivity index (χ1n) is 9.39. The maximum Gasteiger partial charge on any atom is 0.249 e. The number of aryl methyl sites for hydroxylation is 1. The van der Waals surface area contributed by atoms with Gasteiger partial charge in [-0.2, -0.15) is 4.98 Å². The molecule has 5 heteroatoms. The van der Waals surface area contributed by atoms with E-state index in [9.17, 15) is 4.79 Å². The standard InChI is InChI=1S/C20H27N3O2/c1-3-4-5-9-18(24)23-14-7-6-8-17(23)20-21-19(22-25-20)16-12-10-15(2)11-13-16/h10-13,17H,3-9,14H2,1-2H3/t17-/m0/s1. The SMILES string of the molecule is CCCCCC(=O)N1CCCC[C@H]1c1nc(-c2ccc(C)cc2)no1. The van der Waals surface area contributed by atoms with Crippen molar-refractivity contribution < 1.29 is 9.32 Å². The fourth-order valence-electron chi connectivity index (χ4n) is 3.35. The molecule has 25 heavy (non-hydrogen) atoms. The van der Waals surface area contributed by atoms with Gasteiger partial charge in [0.2, 0.25) is 17.6 Å². The van der Waals surface area contributed by atoms with E-state index in [0.717, 1.165) is 50.6 Å². The average molecular weight is 341 g/mol. The van der Waals surface area contributed by atoms with Gasteiger partial charge in [-0.1, -0.05) is 54.8 Å². The number of unbranched alkanes of at least 4 members (excludes halogenated alkanes) is 2. The van der Waals surface area contributed by atoms with Crippen molar-refractivity contribution in [2.45, 2.75) is 64.8 Å². The van der Waals surface area contributed by atoms with Gasteiger partial charge < -0.3 is 9.42 Å². The smallest absolute Gasteiger partial charge is 0.249 e. The number of carbonyl (C=O) groups is 1. The lowest BCUT2D eigenvalue weighted by molar-refractivity contribution is -0.135. The van der Waals surface area contributed by atoms with Gasteiger partial charge in [0.1, 0.15) is 6.04 Å². The predicted octanol–water partition coefficient (Wildman–Crippen LogP) is 4.68. The molecule has 1 fully saturated rings. The summed E-state index contributed by atoms with van der Waals surface area (Å²) in [6.45, 7) is 4.99. The number of hydrogen-bond acceptors (Lipinski definition) is 4. The van der Waals surface area contributed by atoms with Crippen LogP contribution >= 0.6 is 0 Å². The summed E-state index contributed by atoms with van der Waals surface area (Å²) < 4.78 is 5.54. The largest absolute Gasteiger partial charge is 0.337 e. The van der Waals surface area contributed by atoms with E-state index in [1.54, 1.807) is 0 Å². The van der Waals surface area contributed by atoms with Crippen LogP contribution in [0.5, 0.6) is 0 Å². The molecule has 2 aromatic rings. The molecule has 3 rings (SSSR count). The Balaban J connectivity index is 1.74. The molecule has 1 aliphatic heterocycles. The lowest BCUT2D eigenvalue weighted by Crippen LogP contribution is -2.38. The molecule has 0 N–H and O–H groups in total. The Bertz CT molecular complexity index is 693. The van der Waals surface area contributed by atoms with Gasteiger partial charge in [0.05, 0.1) is 0 Å². The summed E-state index contributed by atoms with van der Waals surface area (Å²) in [5.41, 5.74) is 2.14. The molecular formula is C20H27N3O2. The van der Waals surface area contributed by atoms with Crippen LogP contribution in [0, 0.1) is 6.92 Å². The Kier molecular flexibility index (Phi) is 5.84. The van der Waals surface area contributed by atoms with Gasteiger partial charge in [0.15, 0.2) is 0 Å². The van der Waals surface area contributed by atoms with E-state index in [0.29, 0.717) is 18.1 Å². The normalized spacial score (nSPS) is 17.7. The molecular weight excluding hydrogens is 314 g/mol. The van der Waals surface area contributed by atoms with Gasteiger partial charge in [-0.15, -0.1) is 0 Å². The third kappa shape index (κ3) is 4.27. The fraction of sp³-hybridized carbons (Fsp3) is 0.550. The molecule has 0 aliphatic carbocycles. The third-order valence-electron chi connectivity index (χ3n) is 4.85. The number of hydrogen-bond donors (Lipinski definition) is 0. The topological polar surface area (TPSA) is 59.2 Å². The Morgan fingerprint density at radius 3 is 2.80 bits per heavy atom. The van der Waals surface area contributed by atoms with Gasteiger partial charge in [-0.25, -0.2) is 0 Å². The molecule has 1 amide bonds. The molecule has 1 aromatic heterocycles. The lowest BCUT2D eigenvalue weighted by Gasteiger charge is -2.33. The Morgan fingerprint density at radius 2 is 2.04 bits per heavy atom. The van der Waals surface area contributed by atoms with E-state index in [1.807, 2.05) is 29.2 Å². The first-order valence-corrected chi connectivity index (χ1v) is 9.39. The summed E-state index contributed by atoms with van der Waals surface area (Å²) in [6, 6.07) is 8.00. The van der Waals surface area contributed by atoms with Gasteiger partial charge in [0, 0.05) is 18.5 Å². The highest BCUT2D eigenvalue weighted by molar-refractivity contribution is 5.76. The van der Waals surface area contributed by atoms with Crippen LogP contribution in [-0.2, 0) is 4.79 Å². The number of benzene rings is 1. The van der Waals surface area contributed by atoms with Gasteiger partial charge in [0.25, 0.3) is 0 Å². The lowest BCUT2D eigenvalue weighted by atomic mass is 10.0. The number of aromatic nitrogens is 2. The van der Waals surface area contributed by atoms with E-state index in [2.05, 4.69) is 24.0 Å². The van der Waals surface area contributed by atoms with Crippen LogP contribution in [0.2, 0.25) is 0 Å². The Hall–Kier alpha value is -2.17. The third-order valence-corrected chi connectivity index (χ3v) is 4.85. The van der Waals surface area contributed by atoms with Crippen LogP contribution in [0.1, 0.15) is 69.4 Å². The summed E-state index contributed by atoms with van der Waals surface area (Å²) in [6.07, 6.45) is 6.83. The first kappa shape index (κ1) is 17.6. The number of carbonyl (C=O) groups excluding carboxylic acids is 1. The maximum atomic E-state index is 12.6. The number of rotatable bonds is 6. The van der Waals surface area contributed by atoms with Crippen LogP contribution in [0.25, 0.3) is 11.4 Å². The summed E-state index contributed by atoms with van der Waals surface area (Å²) in [5, 5.41) is 4.14. The molecule has 1 aliphatic rings. The second-order valence-electron chi connectivity index (χ2n) is 6.88. The molecule has 2 heterocycles. The summed E-state index contributed by atoms with van der Waals surface area (Å²) in [7, 11) is 0. The minimum Gasteiger partial charge on any atom is -0.337 e. The van der Waals surface area contributed by atoms with E-state index in [1.165, 1.54) is 5.56 Å². The number of piperidine rings is 1. The molecule has 0 unspecified atom stereocenters. The molecule has 0 bridgehead atoms. The van der Waals surface area contributed by atoms with Crippen LogP contribution < -0.4 is 0 Å². The monoisotopic (exact) mass is 341 g/mol. The number of amides is 1. The summed E-state index contributed by atoms with van der Waals surface area (Å²) in [5.74, 6) is 1.38. The predicted molar refractivity (Wildman–Crippen MR) is 96.9 cm³/mol. The van der Waals surface area contributed by atoms with Gasteiger partial charge in [-0.3, -0.25) is 4.79 Å². The minimum absolute atomic E-state index is 0.0745. The average Bonchev–Trinajstić information content (AvgIpc) is 3.12. The van der Waals surface area contributed by atoms with Crippen molar-refractivity contribution in [3.8, 4) is 11.4 Å². The molecule has 0 saturated carbocycles. The second kappa shape index (κ2) is 8.28. The van der Waals surface area contributed by atoms with Crippen molar-refractivity contribution in [1.82, 2.24) is 15.0 Å². The molecule has 134 valence electrons. The molecule has 1 saturated heterocycles.